The van der Waals surface area contributed by atoms with E-state index in [2.05, 4.69) is 0 Å². The van der Waals surface area contributed by atoms with Gasteiger partial charge in [-0.25, -0.2) is 4.39 Å². The first kappa shape index (κ1) is 9.04. The van der Waals surface area contributed by atoms with Gasteiger partial charge in [0.2, 0.25) is 0 Å². The van der Waals surface area contributed by atoms with E-state index in [-0.39, 0.29) is 5.75 Å². The van der Waals surface area contributed by atoms with E-state index in [1.807, 2.05) is 13.8 Å². The molecule has 0 unspecified atom stereocenters. The summed E-state index contributed by atoms with van der Waals surface area (Å²) in [5.74, 6) is -0.707. The molecule has 0 heterocycles. The second-order valence-corrected chi connectivity index (χ2v) is 2.94. The third kappa shape index (κ3) is 1.58. The Hall–Kier alpha value is -1.05. The first-order valence-corrected chi connectivity index (χ1v) is 4.13. The van der Waals surface area contributed by atoms with Crippen molar-refractivity contribution in [2.24, 2.45) is 0 Å². The standard InChI is InChI=1S/C10H13FO/c1-3-4-8-7(2)5-6-9(11)10(8)12/h5-6,12H,3-4H2,1-2H3. The summed E-state index contributed by atoms with van der Waals surface area (Å²) in [7, 11) is 0. The highest BCUT2D eigenvalue weighted by Gasteiger charge is 2.08. The Balaban J connectivity index is 3.14. The summed E-state index contributed by atoms with van der Waals surface area (Å²) in [6.07, 6.45) is 1.65. The Morgan fingerprint density at radius 1 is 1.42 bits per heavy atom. The van der Waals surface area contributed by atoms with Crippen molar-refractivity contribution in [1.82, 2.24) is 0 Å². The molecule has 66 valence electrons. The van der Waals surface area contributed by atoms with Crippen LogP contribution in [0.4, 0.5) is 4.39 Å². The van der Waals surface area contributed by atoms with E-state index in [0.717, 1.165) is 24.0 Å². The summed E-state index contributed by atoms with van der Waals surface area (Å²) < 4.78 is 12.8. The molecule has 0 atom stereocenters. The van der Waals surface area contributed by atoms with Crippen molar-refractivity contribution in [3.05, 3.63) is 29.1 Å². The number of aryl methyl sites for hydroxylation is 1. The molecule has 1 aromatic carbocycles. The van der Waals surface area contributed by atoms with Gasteiger partial charge in [-0.3, -0.25) is 0 Å². The van der Waals surface area contributed by atoms with Crippen molar-refractivity contribution in [3.63, 3.8) is 0 Å². The Morgan fingerprint density at radius 2 is 2.08 bits per heavy atom. The molecule has 0 radical (unpaired) electrons. The highest BCUT2D eigenvalue weighted by atomic mass is 19.1. The fourth-order valence-electron chi connectivity index (χ4n) is 1.27. The lowest BCUT2D eigenvalue weighted by molar-refractivity contribution is 0.425. The molecule has 0 aromatic heterocycles. The molecule has 1 aromatic rings. The zero-order valence-corrected chi connectivity index (χ0v) is 7.39. The van der Waals surface area contributed by atoms with Gasteiger partial charge in [-0.2, -0.15) is 0 Å². The van der Waals surface area contributed by atoms with Crippen molar-refractivity contribution < 1.29 is 9.50 Å². The molecule has 1 N–H and O–H groups in total. The van der Waals surface area contributed by atoms with Crippen LogP contribution in [0.15, 0.2) is 12.1 Å². The number of hydrogen-bond donors (Lipinski definition) is 1. The van der Waals surface area contributed by atoms with Crippen LogP contribution in [0.2, 0.25) is 0 Å². The quantitative estimate of drug-likeness (QED) is 0.719. The van der Waals surface area contributed by atoms with Gasteiger partial charge in [-0.1, -0.05) is 19.4 Å². The lowest BCUT2D eigenvalue weighted by atomic mass is 10.0. The molecule has 0 spiro atoms. The Kier molecular flexibility index (Phi) is 2.69. The van der Waals surface area contributed by atoms with E-state index < -0.39 is 5.82 Å². The molecular formula is C10H13FO. The third-order valence-corrected chi connectivity index (χ3v) is 1.97. The molecule has 2 heteroatoms. The molecule has 0 amide bonds. The van der Waals surface area contributed by atoms with E-state index in [1.165, 1.54) is 6.07 Å². The minimum Gasteiger partial charge on any atom is -0.505 e. The maximum absolute atomic E-state index is 12.8. The van der Waals surface area contributed by atoms with Crippen LogP contribution >= 0.6 is 0 Å². The van der Waals surface area contributed by atoms with Crippen LogP contribution in [0.25, 0.3) is 0 Å². The Morgan fingerprint density at radius 3 is 2.67 bits per heavy atom. The molecule has 12 heavy (non-hydrogen) atoms. The Bertz CT molecular complexity index is 281. The smallest absolute Gasteiger partial charge is 0.165 e. The predicted molar refractivity (Wildman–Crippen MR) is 46.8 cm³/mol. The molecule has 0 aliphatic carbocycles. The minimum atomic E-state index is -0.524. The van der Waals surface area contributed by atoms with E-state index >= 15 is 0 Å². The van der Waals surface area contributed by atoms with Crippen molar-refractivity contribution in [2.45, 2.75) is 26.7 Å². The number of benzene rings is 1. The van der Waals surface area contributed by atoms with Crippen molar-refractivity contribution in [1.29, 1.82) is 0 Å². The maximum Gasteiger partial charge on any atom is 0.165 e. The molecule has 0 bridgehead atoms. The highest BCUT2D eigenvalue weighted by molar-refractivity contribution is 5.39. The first-order chi connectivity index (χ1) is 5.66. The molecule has 0 saturated carbocycles. The first-order valence-electron chi connectivity index (χ1n) is 4.13. The monoisotopic (exact) mass is 168 g/mol. The van der Waals surface area contributed by atoms with Gasteiger partial charge in [-0.15, -0.1) is 0 Å². The van der Waals surface area contributed by atoms with Crippen LogP contribution in [0, 0.1) is 12.7 Å². The normalized spacial score (nSPS) is 10.2. The summed E-state index contributed by atoms with van der Waals surface area (Å²) in [6.45, 7) is 3.88. The van der Waals surface area contributed by atoms with Crippen LogP contribution in [0.1, 0.15) is 24.5 Å². The van der Waals surface area contributed by atoms with Crippen LogP contribution in [-0.4, -0.2) is 5.11 Å². The third-order valence-electron chi connectivity index (χ3n) is 1.97. The van der Waals surface area contributed by atoms with Gasteiger partial charge in [-0.05, 0) is 30.5 Å². The minimum absolute atomic E-state index is 0.183. The summed E-state index contributed by atoms with van der Waals surface area (Å²) in [5, 5.41) is 9.33. The van der Waals surface area contributed by atoms with Gasteiger partial charge in [0, 0.05) is 0 Å². The lowest BCUT2D eigenvalue weighted by Gasteiger charge is -2.07. The number of phenolic OH excluding ortho intramolecular Hbond substituents is 1. The van der Waals surface area contributed by atoms with E-state index in [1.54, 1.807) is 6.07 Å². The van der Waals surface area contributed by atoms with E-state index in [9.17, 15) is 9.50 Å². The fraction of sp³-hybridized carbons (Fsp3) is 0.400. The second-order valence-electron chi connectivity index (χ2n) is 2.94. The van der Waals surface area contributed by atoms with Gasteiger partial charge in [0.1, 0.15) is 0 Å². The molecular weight excluding hydrogens is 155 g/mol. The van der Waals surface area contributed by atoms with Crippen LogP contribution in [0.5, 0.6) is 5.75 Å². The molecule has 0 saturated heterocycles. The largest absolute Gasteiger partial charge is 0.505 e. The summed E-state index contributed by atoms with van der Waals surface area (Å²) >= 11 is 0. The number of aromatic hydroxyl groups is 1. The topological polar surface area (TPSA) is 20.2 Å². The zero-order valence-electron chi connectivity index (χ0n) is 7.39. The second kappa shape index (κ2) is 3.57. The maximum atomic E-state index is 12.8. The number of hydrogen-bond acceptors (Lipinski definition) is 1. The van der Waals surface area contributed by atoms with E-state index in [4.69, 9.17) is 0 Å². The average Bonchev–Trinajstić information content (AvgIpc) is 2.06. The van der Waals surface area contributed by atoms with Gasteiger partial charge < -0.3 is 5.11 Å². The highest BCUT2D eigenvalue weighted by Crippen LogP contribution is 2.25. The molecule has 1 rings (SSSR count). The van der Waals surface area contributed by atoms with Gasteiger partial charge in [0.05, 0.1) is 0 Å². The summed E-state index contributed by atoms with van der Waals surface area (Å²) in [5.41, 5.74) is 1.69. The van der Waals surface area contributed by atoms with Crippen molar-refractivity contribution in [3.8, 4) is 5.75 Å². The van der Waals surface area contributed by atoms with Gasteiger partial charge in [0.15, 0.2) is 11.6 Å². The van der Waals surface area contributed by atoms with Gasteiger partial charge in [0.25, 0.3) is 0 Å². The lowest BCUT2D eigenvalue weighted by Crippen LogP contribution is -1.91. The molecule has 0 aliphatic heterocycles. The van der Waals surface area contributed by atoms with Crippen molar-refractivity contribution >= 4 is 0 Å². The molecule has 1 nitrogen and oxygen atoms in total. The van der Waals surface area contributed by atoms with E-state index in [0.29, 0.717) is 0 Å². The summed E-state index contributed by atoms with van der Waals surface area (Å²) in [4.78, 5) is 0. The predicted octanol–water partition coefficient (Wildman–Crippen LogP) is 2.79. The SMILES string of the molecule is CCCc1c(C)ccc(F)c1O. The van der Waals surface area contributed by atoms with Crippen molar-refractivity contribution in [2.75, 3.05) is 0 Å². The van der Waals surface area contributed by atoms with Crippen LogP contribution in [-0.2, 0) is 6.42 Å². The number of rotatable bonds is 2. The van der Waals surface area contributed by atoms with Crippen LogP contribution < -0.4 is 0 Å². The summed E-state index contributed by atoms with van der Waals surface area (Å²) in [6, 6.07) is 2.99. The Labute approximate surface area is 71.9 Å². The van der Waals surface area contributed by atoms with Gasteiger partial charge >= 0.3 is 0 Å². The number of halogens is 1. The average molecular weight is 168 g/mol. The van der Waals surface area contributed by atoms with Crippen LogP contribution in [0.3, 0.4) is 0 Å². The zero-order chi connectivity index (χ0) is 9.14. The molecule has 0 fully saturated rings. The number of phenols is 1. The molecule has 0 aliphatic rings. The fourth-order valence-corrected chi connectivity index (χ4v) is 1.27.